The van der Waals surface area contributed by atoms with E-state index in [1.807, 2.05) is 0 Å². The van der Waals surface area contributed by atoms with Crippen molar-refractivity contribution in [2.75, 3.05) is 20.3 Å². The van der Waals surface area contributed by atoms with Gasteiger partial charge < -0.3 is 18.6 Å². The van der Waals surface area contributed by atoms with Crippen molar-refractivity contribution >= 4 is 28.8 Å². The third kappa shape index (κ3) is 5.85. The maximum Gasteiger partial charge on any atom is 0.344 e. The number of fused-ring (bicyclic) bond motifs is 1. The molecule has 0 spiro atoms. The van der Waals surface area contributed by atoms with Gasteiger partial charge in [-0.2, -0.15) is 0 Å². The molecule has 166 valence electrons. The lowest BCUT2D eigenvalue weighted by molar-refractivity contribution is -0.150. The first kappa shape index (κ1) is 22.3. The fourth-order valence-corrected chi connectivity index (χ4v) is 2.70. The largest absolute Gasteiger partial charge is 0.497 e. The van der Waals surface area contributed by atoms with Crippen molar-refractivity contribution < 1.29 is 33.0 Å². The van der Waals surface area contributed by atoms with Crippen LogP contribution in [-0.2, 0) is 14.3 Å². The Labute approximate surface area is 182 Å². The van der Waals surface area contributed by atoms with Gasteiger partial charge in [0.15, 0.2) is 13.2 Å². The Kier molecular flexibility index (Phi) is 7.06. The van der Waals surface area contributed by atoms with Crippen molar-refractivity contribution in [2.45, 2.75) is 6.92 Å². The third-order valence-corrected chi connectivity index (χ3v) is 4.31. The molecule has 10 nitrogen and oxygen atoms in total. The molecule has 3 rings (SSSR count). The summed E-state index contributed by atoms with van der Waals surface area (Å²) in [6.07, 6.45) is 0. The van der Waals surface area contributed by atoms with Crippen LogP contribution in [0.25, 0.3) is 11.0 Å². The van der Waals surface area contributed by atoms with Gasteiger partial charge in [-0.15, -0.1) is 0 Å². The smallest absolute Gasteiger partial charge is 0.344 e. The number of carbonyl (C=O) groups excluding carboxylic acids is 3. The number of amides is 2. The standard InChI is InChI=1S/C22H20N2O8/c1-13-9-20(26)32-18-10-16(7-8-17(13)18)30-12-21(27)31-11-19(25)23-24-22(28)14-3-5-15(29-2)6-4-14/h3-10H,11-12H2,1-2H3,(H,23,25)(H,24,28). The van der Waals surface area contributed by atoms with Crippen molar-refractivity contribution in [3.63, 3.8) is 0 Å². The molecule has 0 bridgehead atoms. The number of nitrogens with one attached hydrogen (secondary N) is 2. The van der Waals surface area contributed by atoms with Crippen LogP contribution >= 0.6 is 0 Å². The molecule has 2 amide bonds. The van der Waals surface area contributed by atoms with Crippen LogP contribution < -0.4 is 26.0 Å². The molecule has 0 fully saturated rings. The number of rotatable bonds is 7. The number of benzene rings is 2. The average molecular weight is 440 g/mol. The minimum atomic E-state index is -0.799. The second-order valence-electron chi connectivity index (χ2n) is 6.59. The molecule has 10 heteroatoms. The van der Waals surface area contributed by atoms with E-state index in [4.69, 9.17) is 18.6 Å². The Bertz CT molecular complexity index is 1200. The highest BCUT2D eigenvalue weighted by molar-refractivity contribution is 5.95. The zero-order valence-electron chi connectivity index (χ0n) is 17.3. The number of esters is 1. The van der Waals surface area contributed by atoms with Crippen LogP contribution in [0.2, 0.25) is 0 Å². The minimum Gasteiger partial charge on any atom is -0.497 e. The molecule has 0 aliphatic rings. The Balaban J connectivity index is 1.42. The molecule has 0 radical (unpaired) electrons. The van der Waals surface area contributed by atoms with E-state index >= 15 is 0 Å². The molecule has 3 aromatic rings. The van der Waals surface area contributed by atoms with E-state index in [9.17, 15) is 19.2 Å². The fraction of sp³-hybridized carbons (Fsp3) is 0.182. The molecule has 0 aliphatic heterocycles. The zero-order chi connectivity index (χ0) is 23.1. The van der Waals surface area contributed by atoms with Crippen LogP contribution in [0.4, 0.5) is 0 Å². The predicted molar refractivity (Wildman–Crippen MR) is 112 cm³/mol. The topological polar surface area (TPSA) is 133 Å². The minimum absolute atomic E-state index is 0.291. The van der Waals surface area contributed by atoms with Gasteiger partial charge >= 0.3 is 11.6 Å². The molecule has 0 unspecified atom stereocenters. The van der Waals surface area contributed by atoms with E-state index in [-0.39, 0.29) is 0 Å². The lowest BCUT2D eigenvalue weighted by Crippen LogP contribution is -2.43. The lowest BCUT2D eigenvalue weighted by Gasteiger charge is -2.09. The van der Waals surface area contributed by atoms with Crippen molar-refractivity contribution in [3.8, 4) is 11.5 Å². The molecule has 32 heavy (non-hydrogen) atoms. The second-order valence-corrected chi connectivity index (χ2v) is 6.59. The maximum absolute atomic E-state index is 12.0. The van der Waals surface area contributed by atoms with Crippen LogP contribution in [0, 0.1) is 6.92 Å². The molecule has 0 aliphatic carbocycles. The highest BCUT2D eigenvalue weighted by Gasteiger charge is 2.11. The van der Waals surface area contributed by atoms with E-state index < -0.39 is 36.6 Å². The fourth-order valence-electron chi connectivity index (χ4n) is 2.70. The van der Waals surface area contributed by atoms with Crippen molar-refractivity contribution in [3.05, 3.63) is 70.1 Å². The van der Waals surface area contributed by atoms with Gasteiger partial charge in [0, 0.05) is 23.1 Å². The van der Waals surface area contributed by atoms with E-state index in [2.05, 4.69) is 10.9 Å². The molecule has 0 saturated carbocycles. The van der Waals surface area contributed by atoms with E-state index in [0.29, 0.717) is 22.6 Å². The number of aryl methyl sites for hydroxylation is 1. The zero-order valence-corrected chi connectivity index (χ0v) is 17.3. The van der Waals surface area contributed by atoms with Gasteiger partial charge in [0.25, 0.3) is 11.8 Å². The maximum atomic E-state index is 12.0. The normalized spacial score (nSPS) is 10.3. The van der Waals surface area contributed by atoms with Crippen LogP contribution in [-0.4, -0.2) is 38.1 Å². The Morgan fingerprint density at radius 3 is 2.38 bits per heavy atom. The summed E-state index contributed by atoms with van der Waals surface area (Å²) < 4.78 is 20.2. The third-order valence-electron chi connectivity index (χ3n) is 4.31. The van der Waals surface area contributed by atoms with Crippen molar-refractivity contribution in [1.29, 1.82) is 0 Å². The highest BCUT2D eigenvalue weighted by atomic mass is 16.6. The summed E-state index contributed by atoms with van der Waals surface area (Å²) in [5, 5.41) is 0.743. The van der Waals surface area contributed by atoms with Gasteiger partial charge in [-0.05, 0) is 48.9 Å². The lowest BCUT2D eigenvalue weighted by atomic mass is 10.1. The van der Waals surface area contributed by atoms with E-state index in [0.717, 1.165) is 10.9 Å². The summed E-state index contributed by atoms with van der Waals surface area (Å²) >= 11 is 0. The Hall–Kier alpha value is -4.34. The molecule has 2 N–H and O–H groups in total. The summed E-state index contributed by atoms with van der Waals surface area (Å²) in [5.74, 6) is -1.20. The van der Waals surface area contributed by atoms with Crippen LogP contribution in [0.15, 0.2) is 57.7 Å². The van der Waals surface area contributed by atoms with Gasteiger partial charge in [-0.3, -0.25) is 20.4 Å². The van der Waals surface area contributed by atoms with Crippen molar-refractivity contribution in [2.24, 2.45) is 0 Å². The van der Waals surface area contributed by atoms with Crippen LogP contribution in [0.3, 0.4) is 0 Å². The summed E-state index contributed by atoms with van der Waals surface area (Å²) in [4.78, 5) is 47.0. The van der Waals surface area contributed by atoms with Gasteiger partial charge in [0.1, 0.15) is 17.1 Å². The summed E-state index contributed by atoms with van der Waals surface area (Å²) in [7, 11) is 1.50. The van der Waals surface area contributed by atoms with Crippen LogP contribution in [0.1, 0.15) is 15.9 Å². The number of ether oxygens (including phenoxy) is 3. The van der Waals surface area contributed by atoms with Gasteiger partial charge in [0.05, 0.1) is 7.11 Å². The molecule has 1 aromatic heterocycles. The molecule has 2 aromatic carbocycles. The summed E-state index contributed by atoms with van der Waals surface area (Å²) in [6, 6.07) is 12.4. The first-order valence-corrected chi connectivity index (χ1v) is 9.42. The number of methoxy groups -OCH3 is 1. The Morgan fingerprint density at radius 2 is 1.66 bits per heavy atom. The average Bonchev–Trinajstić information content (AvgIpc) is 2.79. The molecular formula is C22H20N2O8. The quantitative estimate of drug-likeness (QED) is 0.321. The summed E-state index contributed by atoms with van der Waals surface area (Å²) in [6.45, 7) is 0.700. The van der Waals surface area contributed by atoms with E-state index in [1.54, 1.807) is 31.2 Å². The molecule has 0 atom stereocenters. The number of hydrogen-bond acceptors (Lipinski definition) is 8. The number of hydrazine groups is 1. The molecule has 1 heterocycles. The highest BCUT2D eigenvalue weighted by Crippen LogP contribution is 2.22. The van der Waals surface area contributed by atoms with Gasteiger partial charge in [-0.1, -0.05) is 0 Å². The van der Waals surface area contributed by atoms with Gasteiger partial charge in [-0.25, -0.2) is 9.59 Å². The SMILES string of the molecule is COc1ccc(C(=O)NNC(=O)COC(=O)COc2ccc3c(C)cc(=O)oc3c2)cc1. The monoisotopic (exact) mass is 440 g/mol. The van der Waals surface area contributed by atoms with Crippen molar-refractivity contribution in [1.82, 2.24) is 10.9 Å². The predicted octanol–water partition coefficient (Wildman–Crippen LogP) is 1.49. The second kappa shape index (κ2) is 10.1. The first-order chi connectivity index (χ1) is 15.4. The number of hydrogen-bond donors (Lipinski definition) is 2. The Morgan fingerprint density at radius 1 is 0.938 bits per heavy atom. The molecular weight excluding hydrogens is 420 g/mol. The van der Waals surface area contributed by atoms with E-state index in [1.165, 1.54) is 31.4 Å². The first-order valence-electron chi connectivity index (χ1n) is 9.42. The molecule has 0 saturated heterocycles. The van der Waals surface area contributed by atoms with Gasteiger partial charge in [0.2, 0.25) is 0 Å². The van der Waals surface area contributed by atoms with Crippen LogP contribution in [0.5, 0.6) is 11.5 Å². The number of carbonyl (C=O) groups is 3. The summed E-state index contributed by atoms with van der Waals surface area (Å²) in [5.41, 5.74) is 5.24.